The predicted octanol–water partition coefficient (Wildman–Crippen LogP) is 3.49. The van der Waals surface area contributed by atoms with Crippen LogP contribution in [0, 0.1) is 6.92 Å². The topological polar surface area (TPSA) is 80.9 Å². The zero-order valence-electron chi connectivity index (χ0n) is 11.1. The summed E-state index contributed by atoms with van der Waals surface area (Å²) in [4.78, 5) is 13.5. The van der Waals surface area contributed by atoms with Crippen LogP contribution in [0.25, 0.3) is 10.2 Å². The number of thiophene rings is 1. The quantitative estimate of drug-likeness (QED) is 0.758. The fourth-order valence-electron chi connectivity index (χ4n) is 1.95. The van der Waals surface area contributed by atoms with Gasteiger partial charge in [-0.15, -0.1) is 16.4 Å². The highest BCUT2D eigenvalue weighted by Gasteiger charge is 2.18. The molecule has 0 aliphatic rings. The van der Waals surface area contributed by atoms with Crippen LogP contribution in [0.15, 0.2) is 30.5 Å². The normalized spacial score (nSPS) is 10.8. The lowest BCUT2D eigenvalue weighted by Gasteiger charge is -2.08. The van der Waals surface area contributed by atoms with Crippen LogP contribution in [-0.4, -0.2) is 16.1 Å². The number of nitrogens with one attached hydrogen (secondary N) is 1. The third-order valence-electron chi connectivity index (χ3n) is 3.07. The van der Waals surface area contributed by atoms with Gasteiger partial charge in [0.15, 0.2) is 0 Å². The van der Waals surface area contributed by atoms with E-state index in [0.717, 1.165) is 10.9 Å². The number of hydrogen-bond donors (Lipinski definition) is 2. The molecule has 5 nitrogen and oxygen atoms in total. The average molecular weight is 319 g/mol. The van der Waals surface area contributed by atoms with Crippen LogP contribution < -0.4 is 11.1 Å². The summed E-state index contributed by atoms with van der Waals surface area (Å²) in [5.74, 6) is -0.277. The Bertz CT molecular complexity index is 846. The number of carbonyl (C=O) groups excluding carboxylic acids is 1. The zero-order valence-corrected chi connectivity index (χ0v) is 12.6. The molecule has 3 N–H and O–H groups in total. The van der Waals surface area contributed by atoms with Gasteiger partial charge in [-0.2, -0.15) is 5.10 Å². The smallest absolute Gasteiger partial charge is 0.267 e. The van der Waals surface area contributed by atoms with Crippen molar-refractivity contribution in [3.63, 3.8) is 0 Å². The first-order chi connectivity index (χ1) is 10.1. The SMILES string of the molecule is Cc1ccc(Cl)cc1NC(=O)c1sc2nnccc2c1N. The summed E-state index contributed by atoms with van der Waals surface area (Å²) < 4.78 is 0. The fraction of sp³-hybridized carbons (Fsp3) is 0.0714. The second-order valence-electron chi connectivity index (χ2n) is 4.51. The van der Waals surface area contributed by atoms with Crippen molar-refractivity contribution in [2.45, 2.75) is 6.92 Å². The number of halogens is 1. The van der Waals surface area contributed by atoms with Crippen LogP contribution in [0.3, 0.4) is 0 Å². The summed E-state index contributed by atoms with van der Waals surface area (Å²) in [5.41, 5.74) is 8.02. The highest BCUT2D eigenvalue weighted by Crippen LogP contribution is 2.32. The van der Waals surface area contributed by atoms with E-state index in [0.29, 0.717) is 26.1 Å². The number of hydrogen-bond acceptors (Lipinski definition) is 5. The molecule has 1 aromatic carbocycles. The van der Waals surface area contributed by atoms with Gasteiger partial charge in [-0.1, -0.05) is 17.7 Å². The Kier molecular flexibility index (Phi) is 3.48. The number of aryl methyl sites for hydroxylation is 1. The van der Waals surface area contributed by atoms with Gasteiger partial charge in [-0.3, -0.25) is 4.79 Å². The van der Waals surface area contributed by atoms with E-state index in [9.17, 15) is 4.79 Å². The van der Waals surface area contributed by atoms with Crippen LogP contribution in [0.2, 0.25) is 5.02 Å². The summed E-state index contributed by atoms with van der Waals surface area (Å²) in [6.07, 6.45) is 1.55. The number of nitrogen functional groups attached to an aromatic ring is 1. The van der Waals surface area contributed by atoms with E-state index in [1.54, 1.807) is 24.4 Å². The van der Waals surface area contributed by atoms with E-state index in [4.69, 9.17) is 17.3 Å². The number of amides is 1. The number of nitrogens with two attached hydrogens (primary N) is 1. The second kappa shape index (κ2) is 5.31. The number of nitrogens with zero attached hydrogens (tertiary/aromatic N) is 2. The number of rotatable bonds is 2. The van der Waals surface area contributed by atoms with E-state index in [1.807, 2.05) is 13.0 Å². The molecule has 3 aromatic rings. The number of carbonyl (C=O) groups is 1. The van der Waals surface area contributed by atoms with Crippen molar-refractivity contribution in [3.05, 3.63) is 45.9 Å². The molecule has 1 amide bonds. The summed E-state index contributed by atoms with van der Waals surface area (Å²) >= 11 is 7.17. The number of fused-ring (bicyclic) bond motifs is 1. The van der Waals surface area contributed by atoms with Gasteiger partial charge in [-0.25, -0.2) is 0 Å². The highest BCUT2D eigenvalue weighted by molar-refractivity contribution is 7.21. The largest absolute Gasteiger partial charge is 0.397 e. The highest BCUT2D eigenvalue weighted by atomic mass is 35.5. The molecule has 106 valence electrons. The lowest BCUT2D eigenvalue weighted by molar-refractivity contribution is 0.103. The van der Waals surface area contributed by atoms with Gasteiger partial charge in [0.05, 0.1) is 11.9 Å². The molecule has 3 rings (SSSR count). The molecule has 0 atom stereocenters. The maximum Gasteiger partial charge on any atom is 0.267 e. The molecule has 0 aliphatic heterocycles. The van der Waals surface area contributed by atoms with Crippen LogP contribution in [0.5, 0.6) is 0 Å². The van der Waals surface area contributed by atoms with Gasteiger partial charge in [0.25, 0.3) is 5.91 Å². The molecule has 7 heteroatoms. The van der Waals surface area contributed by atoms with Crippen LogP contribution >= 0.6 is 22.9 Å². The lowest BCUT2D eigenvalue weighted by atomic mass is 10.2. The van der Waals surface area contributed by atoms with Crippen molar-refractivity contribution in [2.75, 3.05) is 11.1 Å². The van der Waals surface area contributed by atoms with Gasteiger partial charge in [-0.05, 0) is 30.7 Å². The maximum absolute atomic E-state index is 12.4. The molecular formula is C14H11ClN4OS. The van der Waals surface area contributed by atoms with Crippen LogP contribution in [-0.2, 0) is 0 Å². The van der Waals surface area contributed by atoms with E-state index in [-0.39, 0.29) is 5.91 Å². The molecular weight excluding hydrogens is 308 g/mol. The molecule has 0 bridgehead atoms. The van der Waals surface area contributed by atoms with Gasteiger partial charge < -0.3 is 11.1 Å². The predicted molar refractivity (Wildman–Crippen MR) is 86.0 cm³/mol. The molecule has 0 spiro atoms. The Labute approximate surface area is 129 Å². The van der Waals surface area contributed by atoms with Crippen molar-refractivity contribution in [2.24, 2.45) is 0 Å². The van der Waals surface area contributed by atoms with Crippen LogP contribution in [0.1, 0.15) is 15.2 Å². The van der Waals surface area contributed by atoms with Crippen molar-refractivity contribution < 1.29 is 4.79 Å². The molecule has 0 radical (unpaired) electrons. The standard InChI is InChI=1S/C14H11ClN4OS/c1-7-2-3-8(15)6-10(7)18-13(20)12-11(16)9-4-5-17-19-14(9)21-12/h2-6H,16H2,1H3,(H,18,20). The van der Waals surface area contributed by atoms with Gasteiger partial charge in [0, 0.05) is 16.1 Å². The van der Waals surface area contributed by atoms with E-state index >= 15 is 0 Å². The number of aromatic nitrogens is 2. The second-order valence-corrected chi connectivity index (χ2v) is 5.94. The minimum atomic E-state index is -0.277. The molecule has 21 heavy (non-hydrogen) atoms. The molecule has 0 fully saturated rings. The van der Waals surface area contributed by atoms with Crippen molar-refractivity contribution in [1.29, 1.82) is 0 Å². The molecule has 0 unspecified atom stereocenters. The Morgan fingerprint density at radius 3 is 2.95 bits per heavy atom. The monoisotopic (exact) mass is 318 g/mol. The fourth-order valence-corrected chi connectivity index (χ4v) is 3.05. The van der Waals surface area contributed by atoms with E-state index in [2.05, 4.69) is 15.5 Å². The molecule has 2 heterocycles. The number of anilines is 2. The van der Waals surface area contributed by atoms with E-state index in [1.165, 1.54) is 11.3 Å². The third-order valence-corrected chi connectivity index (χ3v) is 4.41. The molecule has 0 saturated carbocycles. The Hall–Kier alpha value is -2.18. The van der Waals surface area contributed by atoms with E-state index < -0.39 is 0 Å². The summed E-state index contributed by atoms with van der Waals surface area (Å²) in [6, 6.07) is 7.07. The first-order valence-electron chi connectivity index (χ1n) is 6.13. The Morgan fingerprint density at radius 2 is 2.19 bits per heavy atom. The average Bonchev–Trinajstić information content (AvgIpc) is 2.81. The van der Waals surface area contributed by atoms with Crippen molar-refractivity contribution >= 4 is 50.4 Å². The first kappa shape index (κ1) is 13.8. The summed E-state index contributed by atoms with van der Waals surface area (Å²) in [6.45, 7) is 1.89. The minimum Gasteiger partial charge on any atom is -0.397 e. The summed E-state index contributed by atoms with van der Waals surface area (Å²) in [5, 5.41) is 11.9. The number of benzene rings is 1. The van der Waals surface area contributed by atoms with Gasteiger partial charge in [0.2, 0.25) is 0 Å². The van der Waals surface area contributed by atoms with Gasteiger partial charge in [0.1, 0.15) is 9.71 Å². The third kappa shape index (κ3) is 2.55. The van der Waals surface area contributed by atoms with Crippen molar-refractivity contribution in [3.8, 4) is 0 Å². The Morgan fingerprint density at radius 1 is 1.38 bits per heavy atom. The molecule has 0 aliphatic carbocycles. The Balaban J connectivity index is 1.97. The first-order valence-corrected chi connectivity index (χ1v) is 7.33. The van der Waals surface area contributed by atoms with Crippen LogP contribution in [0.4, 0.5) is 11.4 Å². The van der Waals surface area contributed by atoms with Gasteiger partial charge >= 0.3 is 0 Å². The zero-order chi connectivity index (χ0) is 15.0. The summed E-state index contributed by atoms with van der Waals surface area (Å²) in [7, 11) is 0. The lowest BCUT2D eigenvalue weighted by Crippen LogP contribution is -2.12. The van der Waals surface area contributed by atoms with Crippen molar-refractivity contribution in [1.82, 2.24) is 10.2 Å². The molecule has 0 saturated heterocycles. The molecule has 2 aromatic heterocycles. The minimum absolute atomic E-state index is 0.277. The maximum atomic E-state index is 12.4.